The number of hydrogen-bond acceptors (Lipinski definition) is 8. The SMILES string of the molecule is COc1cc2c(cc1OC)N=Cc1ccc([n-]1)C(C)(C)c1ccc([n-]1)C=Nc1cc(OC)c(OC)cc1N=Cc1ccc([n-]1)C(C)(C)c1ccc([n-]1)C=N2.O.[Fe+2].[Fe+2]. The molecule has 0 unspecified atom stereocenters. The molecular formula is C42H42Fe2N8O5. The van der Waals surface area contributed by atoms with Crippen LogP contribution in [0.5, 0.6) is 23.0 Å². The van der Waals surface area contributed by atoms with E-state index in [9.17, 15) is 0 Å². The summed E-state index contributed by atoms with van der Waals surface area (Å²) in [6, 6.07) is 22.9. The molecule has 13 nitrogen and oxygen atoms in total. The zero-order chi connectivity index (χ0) is 38.0. The van der Waals surface area contributed by atoms with Crippen molar-refractivity contribution in [1.82, 2.24) is 19.9 Å². The molecule has 0 spiro atoms. The number of hydrogen-bond donors (Lipinski definition) is 0. The molecule has 15 heteroatoms. The topological polar surface area (TPSA) is 174 Å². The summed E-state index contributed by atoms with van der Waals surface area (Å²) in [5.41, 5.74) is 7.44. The van der Waals surface area contributed by atoms with Crippen LogP contribution < -0.4 is 38.9 Å². The van der Waals surface area contributed by atoms with Crippen LogP contribution in [0.1, 0.15) is 73.2 Å². The third-order valence-corrected chi connectivity index (χ3v) is 9.51. The minimum Gasteiger partial charge on any atom is -0.659 e. The van der Waals surface area contributed by atoms with E-state index in [0.717, 1.165) is 22.8 Å². The Balaban J connectivity index is 0.00000240. The largest absolute Gasteiger partial charge is 2.00 e. The van der Waals surface area contributed by atoms with Gasteiger partial charge in [-0.15, -0.1) is 22.8 Å². The Morgan fingerprint density at radius 3 is 0.789 bits per heavy atom. The van der Waals surface area contributed by atoms with Gasteiger partial charge in [0.05, 0.1) is 51.2 Å². The van der Waals surface area contributed by atoms with E-state index < -0.39 is 10.8 Å². The number of ether oxygens (including phenoxy) is 4. The second kappa shape index (κ2) is 18.1. The third-order valence-electron chi connectivity index (χ3n) is 9.51. The second-order valence-electron chi connectivity index (χ2n) is 13.7. The van der Waals surface area contributed by atoms with E-state index in [0.29, 0.717) is 68.5 Å². The van der Waals surface area contributed by atoms with Gasteiger partial charge < -0.3 is 44.4 Å². The van der Waals surface area contributed by atoms with Crippen LogP contribution in [-0.4, -0.2) is 58.8 Å². The van der Waals surface area contributed by atoms with Gasteiger partial charge in [0, 0.05) is 49.1 Å². The molecule has 0 amide bonds. The fourth-order valence-corrected chi connectivity index (χ4v) is 6.13. The standard InChI is InChI=1S/C42H40N8O4.2Fe.H2O/c1-41(2)37-13-9-25(47-37)21-43-29-17-33(51-5)35(53-7)19-31(29)45-23-27-11-15-39(49-27)42(3,4)40-16-12-28(50-40)24-46-32-20-36(54-8)34(52-6)18-30(32)44-22-26-10-14-38(41)48-26;;;/h9-24H,1-8H3;;;1H2/q-4;2*+2;. The number of rotatable bonds is 4. The van der Waals surface area contributed by atoms with Gasteiger partial charge >= 0.3 is 34.1 Å². The van der Waals surface area contributed by atoms with Crippen molar-refractivity contribution in [2.45, 2.75) is 38.5 Å². The number of fused-ring (bicyclic) bond motifs is 10. The minimum absolute atomic E-state index is 0. The van der Waals surface area contributed by atoms with Crippen LogP contribution in [0.2, 0.25) is 0 Å². The first kappa shape index (κ1) is 44.2. The van der Waals surface area contributed by atoms with Gasteiger partial charge in [-0.25, -0.2) is 0 Å². The molecule has 57 heavy (non-hydrogen) atoms. The molecule has 0 saturated heterocycles. The summed E-state index contributed by atoms with van der Waals surface area (Å²) in [5.74, 6) is 2.14. The molecule has 6 aromatic rings. The van der Waals surface area contributed by atoms with E-state index in [1.54, 1.807) is 77.6 Å². The van der Waals surface area contributed by atoms with Crippen LogP contribution in [0.3, 0.4) is 0 Å². The summed E-state index contributed by atoms with van der Waals surface area (Å²) in [7, 11) is 6.35. The summed E-state index contributed by atoms with van der Waals surface area (Å²) >= 11 is 0. The van der Waals surface area contributed by atoms with Crippen LogP contribution >= 0.6 is 0 Å². The first-order valence-electron chi connectivity index (χ1n) is 17.3. The van der Waals surface area contributed by atoms with E-state index >= 15 is 0 Å². The Morgan fingerprint density at radius 2 is 0.596 bits per heavy atom. The Labute approximate surface area is 352 Å². The molecule has 0 fully saturated rings. The molecule has 0 aliphatic carbocycles. The summed E-state index contributed by atoms with van der Waals surface area (Å²) in [4.78, 5) is 38.8. The van der Waals surface area contributed by atoms with Crippen molar-refractivity contribution >= 4 is 47.6 Å². The van der Waals surface area contributed by atoms with Crippen LogP contribution in [0.15, 0.2) is 92.8 Å². The maximum atomic E-state index is 5.58. The Bertz CT molecular complexity index is 2100. The molecule has 7 rings (SSSR count). The number of benzene rings is 2. The molecule has 2 N–H and O–H groups in total. The van der Waals surface area contributed by atoms with Crippen molar-refractivity contribution in [2.24, 2.45) is 20.0 Å². The van der Waals surface area contributed by atoms with E-state index in [1.807, 2.05) is 48.5 Å². The normalized spacial score (nSPS) is 13.9. The van der Waals surface area contributed by atoms with Crippen LogP contribution in [-0.2, 0) is 45.0 Å². The predicted octanol–water partition coefficient (Wildman–Crippen LogP) is 6.69. The molecule has 0 radical (unpaired) electrons. The van der Waals surface area contributed by atoms with Gasteiger partial charge in [0.25, 0.3) is 0 Å². The molecule has 1 aliphatic heterocycles. The average Bonchev–Trinajstić information content (AvgIpc) is 4.02. The molecule has 296 valence electrons. The molecular weight excluding hydrogens is 808 g/mol. The van der Waals surface area contributed by atoms with Gasteiger partial charge in [0.2, 0.25) is 0 Å². The maximum absolute atomic E-state index is 5.58. The molecule has 0 atom stereocenters. The van der Waals surface area contributed by atoms with Crippen molar-refractivity contribution in [1.29, 1.82) is 0 Å². The average molecular weight is 851 g/mol. The van der Waals surface area contributed by atoms with Gasteiger partial charge in [0.1, 0.15) is 0 Å². The molecule has 0 saturated carbocycles. The Morgan fingerprint density at radius 1 is 0.386 bits per heavy atom. The van der Waals surface area contributed by atoms with E-state index in [4.69, 9.17) is 58.9 Å². The Hall–Kier alpha value is -5.56. The maximum Gasteiger partial charge on any atom is 2.00 e. The summed E-state index contributed by atoms with van der Waals surface area (Å²) < 4.78 is 22.3. The van der Waals surface area contributed by atoms with Gasteiger partial charge in [-0.3, -0.25) is 20.0 Å². The van der Waals surface area contributed by atoms with Crippen molar-refractivity contribution in [3.63, 3.8) is 0 Å². The zero-order valence-corrected chi connectivity index (χ0v) is 34.9. The van der Waals surface area contributed by atoms with Crippen molar-refractivity contribution in [3.8, 4) is 23.0 Å². The van der Waals surface area contributed by atoms with Crippen LogP contribution in [0, 0.1) is 0 Å². The van der Waals surface area contributed by atoms with E-state index in [-0.39, 0.29) is 39.6 Å². The van der Waals surface area contributed by atoms with E-state index in [2.05, 4.69) is 27.7 Å². The van der Waals surface area contributed by atoms with Crippen molar-refractivity contribution in [2.75, 3.05) is 28.4 Å². The monoisotopic (exact) mass is 850 g/mol. The summed E-state index contributed by atoms with van der Waals surface area (Å²) in [6.45, 7) is 8.35. The molecule has 8 bridgehead atoms. The van der Waals surface area contributed by atoms with Crippen LogP contribution in [0.4, 0.5) is 22.7 Å². The molecule has 1 aliphatic rings. The van der Waals surface area contributed by atoms with E-state index in [1.165, 1.54) is 0 Å². The smallest absolute Gasteiger partial charge is 0.659 e. The minimum atomic E-state index is -0.508. The van der Waals surface area contributed by atoms with Gasteiger partial charge in [-0.1, -0.05) is 76.2 Å². The second-order valence-corrected chi connectivity index (χ2v) is 13.7. The third kappa shape index (κ3) is 9.04. The van der Waals surface area contributed by atoms with Crippen molar-refractivity contribution < 1.29 is 58.6 Å². The molecule has 5 heterocycles. The Kier molecular flexibility index (Phi) is 14.1. The number of aromatic nitrogens is 4. The summed E-state index contributed by atoms with van der Waals surface area (Å²) in [6.07, 6.45) is 6.86. The van der Waals surface area contributed by atoms with Gasteiger partial charge in [0.15, 0.2) is 23.0 Å². The molecule has 4 aromatic heterocycles. The number of nitrogens with zero attached hydrogens (tertiary/aromatic N) is 8. The predicted molar refractivity (Wildman–Crippen MR) is 215 cm³/mol. The summed E-state index contributed by atoms with van der Waals surface area (Å²) in [5, 5.41) is 0. The fourth-order valence-electron chi connectivity index (χ4n) is 6.13. The van der Waals surface area contributed by atoms with Crippen molar-refractivity contribution in [3.05, 3.63) is 118 Å². The van der Waals surface area contributed by atoms with Gasteiger partial charge in [-0.05, 0) is 10.8 Å². The molecule has 2 aromatic carbocycles. The van der Waals surface area contributed by atoms with Crippen LogP contribution in [0.25, 0.3) is 0 Å². The fraction of sp³-hybridized carbons (Fsp3) is 0.238. The first-order valence-corrected chi connectivity index (χ1v) is 17.3. The zero-order valence-electron chi connectivity index (χ0n) is 32.7. The number of methoxy groups -OCH3 is 4. The quantitative estimate of drug-likeness (QED) is 0.177. The van der Waals surface area contributed by atoms with Gasteiger partial charge in [-0.2, -0.15) is 22.8 Å². The number of aliphatic imine (C=N–C) groups is 4. The first-order chi connectivity index (χ1) is 26.0.